The third-order valence-corrected chi connectivity index (χ3v) is 6.72. The Morgan fingerprint density at radius 3 is 2.27 bits per heavy atom. The Morgan fingerprint density at radius 2 is 1.70 bits per heavy atom. The van der Waals surface area contributed by atoms with Crippen molar-refractivity contribution in [2.45, 2.75) is 34.6 Å². The van der Waals surface area contributed by atoms with Crippen LogP contribution in [-0.4, -0.2) is 66.9 Å². The number of hydrogen-bond acceptors (Lipinski definition) is 6. The second-order valence-electron chi connectivity index (χ2n) is 8.63. The van der Waals surface area contributed by atoms with Gasteiger partial charge in [0.1, 0.15) is 10.6 Å². The van der Waals surface area contributed by atoms with Crippen molar-refractivity contribution in [1.82, 2.24) is 9.80 Å². The predicted molar refractivity (Wildman–Crippen MR) is 132 cm³/mol. The fourth-order valence-corrected chi connectivity index (χ4v) is 5.04. The summed E-state index contributed by atoms with van der Waals surface area (Å²) in [6.07, 6.45) is 0. The molecule has 0 saturated carbocycles. The first-order valence-electron chi connectivity index (χ1n) is 11.4. The smallest absolute Gasteiger partial charge is 0.341 e. The number of hydrogen-bond donors (Lipinski definition) is 1. The molecule has 0 atom stereocenters. The number of ether oxygens (including phenoxy) is 1. The van der Waals surface area contributed by atoms with Crippen LogP contribution in [0.15, 0.2) is 24.3 Å². The van der Waals surface area contributed by atoms with Crippen LogP contribution in [0.25, 0.3) is 11.1 Å². The van der Waals surface area contributed by atoms with Crippen LogP contribution in [0, 0.1) is 19.8 Å². The predicted octanol–water partition coefficient (Wildman–Crippen LogP) is 3.95. The van der Waals surface area contributed by atoms with Crippen LogP contribution in [0.2, 0.25) is 0 Å². The van der Waals surface area contributed by atoms with Crippen LogP contribution in [0.1, 0.15) is 41.6 Å². The SMILES string of the molecule is CCOC(=O)c1c(NC(=O)CN2CCN(C(=O)C(C)C)CC2)sc(C)c1-c1ccc(C)cc1. The summed E-state index contributed by atoms with van der Waals surface area (Å²) in [5.74, 6) is -0.490. The molecule has 1 aliphatic heterocycles. The van der Waals surface area contributed by atoms with E-state index in [1.54, 1.807) is 6.92 Å². The van der Waals surface area contributed by atoms with E-state index in [-0.39, 0.29) is 30.9 Å². The van der Waals surface area contributed by atoms with Crippen molar-refractivity contribution in [2.75, 3.05) is 44.6 Å². The van der Waals surface area contributed by atoms with Crippen LogP contribution in [0.3, 0.4) is 0 Å². The van der Waals surface area contributed by atoms with Gasteiger partial charge in [0.2, 0.25) is 11.8 Å². The first-order valence-corrected chi connectivity index (χ1v) is 12.2. The monoisotopic (exact) mass is 471 g/mol. The molecule has 1 saturated heterocycles. The van der Waals surface area contributed by atoms with Gasteiger partial charge >= 0.3 is 5.97 Å². The lowest BCUT2D eigenvalue weighted by atomic mass is 10.0. The van der Waals surface area contributed by atoms with Crippen molar-refractivity contribution < 1.29 is 19.1 Å². The average Bonchev–Trinajstić information content (AvgIpc) is 3.09. The summed E-state index contributed by atoms with van der Waals surface area (Å²) in [4.78, 5) is 42.7. The van der Waals surface area contributed by atoms with Gasteiger partial charge in [-0.05, 0) is 26.3 Å². The number of amides is 2. The quantitative estimate of drug-likeness (QED) is 0.619. The van der Waals surface area contributed by atoms with Gasteiger partial charge in [0, 0.05) is 42.5 Å². The van der Waals surface area contributed by atoms with E-state index in [4.69, 9.17) is 4.74 Å². The maximum atomic E-state index is 12.9. The van der Waals surface area contributed by atoms with Crippen molar-refractivity contribution >= 4 is 34.1 Å². The van der Waals surface area contributed by atoms with Crippen molar-refractivity contribution in [3.05, 3.63) is 40.3 Å². The molecule has 2 amide bonds. The molecule has 1 aromatic carbocycles. The van der Waals surface area contributed by atoms with Gasteiger partial charge in [-0.15, -0.1) is 11.3 Å². The van der Waals surface area contributed by atoms with E-state index in [2.05, 4.69) is 5.32 Å². The first kappa shape index (κ1) is 24.9. The standard InChI is InChI=1S/C25H33N3O4S/c1-6-32-25(31)22-21(19-9-7-17(4)8-10-19)18(5)33-23(22)26-20(29)15-27-11-13-28(14-12-27)24(30)16(2)3/h7-10,16H,6,11-15H2,1-5H3,(H,26,29). The number of piperazine rings is 1. The molecule has 1 aliphatic rings. The van der Waals surface area contributed by atoms with E-state index in [0.717, 1.165) is 21.6 Å². The number of aryl methyl sites for hydroxylation is 2. The zero-order valence-electron chi connectivity index (χ0n) is 20.1. The van der Waals surface area contributed by atoms with Crippen LogP contribution < -0.4 is 5.32 Å². The minimum Gasteiger partial charge on any atom is -0.462 e. The number of carbonyl (C=O) groups is 3. The van der Waals surface area contributed by atoms with Crippen molar-refractivity contribution in [1.29, 1.82) is 0 Å². The lowest BCUT2D eigenvalue weighted by Crippen LogP contribution is -2.51. The summed E-state index contributed by atoms with van der Waals surface area (Å²) < 4.78 is 5.32. The summed E-state index contributed by atoms with van der Waals surface area (Å²) in [7, 11) is 0. The number of thiophene rings is 1. The van der Waals surface area contributed by atoms with Gasteiger partial charge in [0.05, 0.1) is 13.2 Å². The Labute approximate surface area is 199 Å². The van der Waals surface area contributed by atoms with Crippen molar-refractivity contribution in [3.8, 4) is 11.1 Å². The average molecular weight is 472 g/mol. The molecule has 0 aliphatic carbocycles. The first-order chi connectivity index (χ1) is 15.7. The zero-order chi connectivity index (χ0) is 24.1. The lowest BCUT2D eigenvalue weighted by Gasteiger charge is -2.35. The molecule has 2 heterocycles. The highest BCUT2D eigenvalue weighted by Crippen LogP contribution is 2.40. The maximum absolute atomic E-state index is 12.9. The topological polar surface area (TPSA) is 79.0 Å². The molecule has 33 heavy (non-hydrogen) atoms. The van der Waals surface area contributed by atoms with Gasteiger partial charge < -0.3 is 15.0 Å². The molecule has 0 radical (unpaired) electrons. The van der Waals surface area contributed by atoms with Gasteiger partial charge in [-0.2, -0.15) is 0 Å². The Kier molecular flexibility index (Phi) is 8.26. The number of esters is 1. The molecule has 7 nitrogen and oxygen atoms in total. The zero-order valence-corrected chi connectivity index (χ0v) is 20.9. The third-order valence-electron chi connectivity index (χ3n) is 5.70. The summed E-state index contributed by atoms with van der Waals surface area (Å²) in [6.45, 7) is 12.5. The molecule has 1 N–H and O–H groups in total. The summed E-state index contributed by atoms with van der Waals surface area (Å²) in [5, 5.41) is 3.46. The molecular formula is C25H33N3O4S. The van der Waals surface area contributed by atoms with Crippen LogP contribution in [-0.2, 0) is 14.3 Å². The Balaban J connectivity index is 1.74. The number of nitrogens with one attached hydrogen (secondary N) is 1. The van der Waals surface area contributed by atoms with Gasteiger partial charge in [-0.25, -0.2) is 4.79 Å². The second-order valence-corrected chi connectivity index (χ2v) is 9.85. The molecule has 2 aromatic rings. The molecule has 1 aromatic heterocycles. The molecule has 178 valence electrons. The number of benzene rings is 1. The number of nitrogens with zero attached hydrogens (tertiary/aromatic N) is 2. The van der Waals surface area contributed by atoms with Gasteiger partial charge in [0.25, 0.3) is 0 Å². The van der Waals surface area contributed by atoms with E-state index in [0.29, 0.717) is 36.7 Å². The molecule has 8 heteroatoms. The minimum absolute atomic E-state index is 0.0223. The molecular weight excluding hydrogens is 438 g/mol. The second kappa shape index (κ2) is 10.9. The third kappa shape index (κ3) is 6.00. The number of rotatable bonds is 7. The van der Waals surface area contributed by atoms with E-state index in [1.165, 1.54) is 11.3 Å². The van der Waals surface area contributed by atoms with Crippen molar-refractivity contribution in [3.63, 3.8) is 0 Å². The van der Waals surface area contributed by atoms with E-state index >= 15 is 0 Å². The van der Waals surface area contributed by atoms with Crippen molar-refractivity contribution in [2.24, 2.45) is 5.92 Å². The van der Waals surface area contributed by atoms with Crippen LogP contribution in [0.5, 0.6) is 0 Å². The van der Waals surface area contributed by atoms with E-state index < -0.39 is 5.97 Å². The number of anilines is 1. The molecule has 3 rings (SSSR count). The Morgan fingerprint density at radius 1 is 1.06 bits per heavy atom. The summed E-state index contributed by atoms with van der Waals surface area (Å²) in [5.41, 5.74) is 3.26. The molecule has 0 spiro atoms. The van der Waals surface area contributed by atoms with Crippen LogP contribution in [0.4, 0.5) is 5.00 Å². The molecule has 0 bridgehead atoms. The lowest BCUT2D eigenvalue weighted by molar-refractivity contribution is -0.136. The summed E-state index contributed by atoms with van der Waals surface area (Å²) in [6, 6.07) is 7.97. The van der Waals surface area contributed by atoms with E-state index in [1.807, 2.05) is 61.8 Å². The minimum atomic E-state index is -0.437. The highest BCUT2D eigenvalue weighted by molar-refractivity contribution is 7.17. The Hall–Kier alpha value is -2.71. The van der Waals surface area contributed by atoms with E-state index in [9.17, 15) is 14.4 Å². The summed E-state index contributed by atoms with van der Waals surface area (Å²) >= 11 is 1.39. The Bertz CT molecular complexity index is 1010. The normalized spacial score (nSPS) is 14.4. The number of carbonyl (C=O) groups excluding carboxylic acids is 3. The fraction of sp³-hybridized carbons (Fsp3) is 0.480. The van der Waals surface area contributed by atoms with Gasteiger partial charge in [0.15, 0.2) is 0 Å². The fourth-order valence-electron chi connectivity index (χ4n) is 3.96. The largest absolute Gasteiger partial charge is 0.462 e. The van der Waals surface area contributed by atoms with Crippen LogP contribution >= 0.6 is 11.3 Å². The van der Waals surface area contributed by atoms with Gasteiger partial charge in [-0.3, -0.25) is 14.5 Å². The highest BCUT2D eigenvalue weighted by Gasteiger charge is 2.27. The molecule has 1 fully saturated rings. The molecule has 0 unspecified atom stereocenters. The maximum Gasteiger partial charge on any atom is 0.341 e. The highest BCUT2D eigenvalue weighted by atomic mass is 32.1. The van der Waals surface area contributed by atoms with Gasteiger partial charge in [-0.1, -0.05) is 43.7 Å².